The highest BCUT2D eigenvalue weighted by molar-refractivity contribution is 5.11. The van der Waals surface area contributed by atoms with Gasteiger partial charge in [0.1, 0.15) is 6.10 Å². The molecule has 1 fully saturated rings. The highest BCUT2D eigenvalue weighted by Crippen LogP contribution is 2.53. The fourth-order valence-corrected chi connectivity index (χ4v) is 1.52. The second-order valence-corrected chi connectivity index (χ2v) is 3.60. The zero-order chi connectivity index (χ0) is 9.31. The van der Waals surface area contributed by atoms with Crippen LogP contribution in [0.2, 0.25) is 0 Å². The Balaban J connectivity index is 2.18. The first-order valence-corrected chi connectivity index (χ1v) is 4.42. The first kappa shape index (κ1) is 8.59. The lowest BCUT2D eigenvalue weighted by molar-refractivity contribution is 0.0930. The van der Waals surface area contributed by atoms with Crippen molar-refractivity contribution in [2.75, 3.05) is 6.54 Å². The third-order valence-electron chi connectivity index (χ3n) is 2.74. The fraction of sp³-hybridized carbons (Fsp3) is 0.556. The first-order chi connectivity index (χ1) is 6.28. The maximum atomic E-state index is 9.93. The molecule has 0 bridgehead atoms. The van der Waals surface area contributed by atoms with Crippen molar-refractivity contribution < 1.29 is 5.11 Å². The predicted molar refractivity (Wildman–Crippen MR) is 47.7 cm³/mol. The van der Waals surface area contributed by atoms with Crippen LogP contribution < -0.4 is 5.73 Å². The Morgan fingerprint density at radius 1 is 1.54 bits per heavy atom. The van der Waals surface area contributed by atoms with Crippen molar-refractivity contribution in [3.05, 3.63) is 24.3 Å². The number of aliphatic hydroxyl groups is 1. The summed E-state index contributed by atoms with van der Waals surface area (Å²) in [5.74, 6) is 0. The summed E-state index contributed by atoms with van der Waals surface area (Å²) >= 11 is 0. The van der Waals surface area contributed by atoms with Gasteiger partial charge in [0.25, 0.3) is 0 Å². The molecule has 0 radical (unpaired) electrons. The molecule has 1 heterocycles. The molecule has 2 rings (SSSR count). The van der Waals surface area contributed by atoms with Crippen LogP contribution in [0.15, 0.2) is 18.6 Å². The molecular weight excluding hydrogens is 166 g/mol. The van der Waals surface area contributed by atoms with E-state index in [-0.39, 0.29) is 5.41 Å². The van der Waals surface area contributed by atoms with Crippen LogP contribution in [0, 0.1) is 5.41 Å². The Hall–Kier alpha value is -1.00. The molecule has 0 aromatic carbocycles. The molecule has 1 aliphatic rings. The first-order valence-electron chi connectivity index (χ1n) is 4.42. The monoisotopic (exact) mass is 179 g/mol. The molecular formula is C9H13N3O. The maximum absolute atomic E-state index is 9.93. The zero-order valence-electron chi connectivity index (χ0n) is 7.35. The average Bonchev–Trinajstić information content (AvgIpc) is 2.99. The molecule has 1 aromatic rings. The lowest BCUT2D eigenvalue weighted by Crippen LogP contribution is -2.24. The molecule has 4 heteroatoms. The van der Waals surface area contributed by atoms with E-state index in [1.54, 1.807) is 18.6 Å². The van der Waals surface area contributed by atoms with E-state index in [1.165, 1.54) is 0 Å². The number of aromatic nitrogens is 2. The summed E-state index contributed by atoms with van der Waals surface area (Å²) in [5.41, 5.74) is 6.11. The topological polar surface area (TPSA) is 72.0 Å². The third kappa shape index (κ3) is 1.43. The summed E-state index contributed by atoms with van der Waals surface area (Å²) in [4.78, 5) is 7.98. The zero-order valence-corrected chi connectivity index (χ0v) is 7.35. The van der Waals surface area contributed by atoms with Crippen molar-refractivity contribution in [1.29, 1.82) is 0 Å². The van der Waals surface area contributed by atoms with E-state index in [0.717, 1.165) is 12.8 Å². The second-order valence-electron chi connectivity index (χ2n) is 3.60. The van der Waals surface area contributed by atoms with E-state index in [4.69, 9.17) is 5.73 Å². The average molecular weight is 179 g/mol. The Bertz CT molecular complexity index is 284. The SMILES string of the molecule is NCC1(C(O)c2cnccn2)CC1. The minimum absolute atomic E-state index is 0.115. The molecule has 1 aliphatic carbocycles. The van der Waals surface area contributed by atoms with Gasteiger partial charge in [0, 0.05) is 24.4 Å². The van der Waals surface area contributed by atoms with Gasteiger partial charge in [0.15, 0.2) is 0 Å². The van der Waals surface area contributed by atoms with Crippen molar-refractivity contribution in [3.63, 3.8) is 0 Å². The van der Waals surface area contributed by atoms with Gasteiger partial charge >= 0.3 is 0 Å². The second kappa shape index (κ2) is 3.05. The van der Waals surface area contributed by atoms with Crippen LogP contribution in [0.4, 0.5) is 0 Å². The summed E-state index contributed by atoms with van der Waals surface area (Å²) < 4.78 is 0. The van der Waals surface area contributed by atoms with Crippen LogP contribution in [-0.4, -0.2) is 21.6 Å². The van der Waals surface area contributed by atoms with E-state index >= 15 is 0 Å². The van der Waals surface area contributed by atoms with Gasteiger partial charge in [-0.25, -0.2) is 0 Å². The van der Waals surface area contributed by atoms with E-state index in [0.29, 0.717) is 12.2 Å². The Morgan fingerprint density at radius 2 is 2.31 bits per heavy atom. The summed E-state index contributed by atoms with van der Waals surface area (Å²) in [6, 6.07) is 0. The van der Waals surface area contributed by atoms with E-state index in [1.807, 2.05) is 0 Å². The predicted octanol–water partition coefficient (Wildman–Crippen LogP) is 0.249. The number of nitrogens with two attached hydrogens (primary N) is 1. The van der Waals surface area contributed by atoms with Gasteiger partial charge in [-0.3, -0.25) is 9.97 Å². The highest BCUT2D eigenvalue weighted by Gasteiger charge is 2.48. The maximum Gasteiger partial charge on any atom is 0.104 e. The van der Waals surface area contributed by atoms with Gasteiger partial charge in [0.05, 0.1) is 11.9 Å². The highest BCUT2D eigenvalue weighted by atomic mass is 16.3. The Morgan fingerprint density at radius 3 is 2.77 bits per heavy atom. The molecule has 0 aliphatic heterocycles. The molecule has 0 amide bonds. The van der Waals surface area contributed by atoms with Crippen molar-refractivity contribution in [2.24, 2.45) is 11.1 Å². The van der Waals surface area contributed by atoms with Gasteiger partial charge in [0.2, 0.25) is 0 Å². The fourth-order valence-electron chi connectivity index (χ4n) is 1.52. The molecule has 0 spiro atoms. The Kier molecular flexibility index (Phi) is 2.01. The summed E-state index contributed by atoms with van der Waals surface area (Å²) in [6.45, 7) is 0.519. The number of hydrogen-bond donors (Lipinski definition) is 2. The summed E-state index contributed by atoms with van der Waals surface area (Å²) in [5, 5.41) is 9.93. The molecule has 1 aromatic heterocycles. The molecule has 1 unspecified atom stereocenters. The van der Waals surface area contributed by atoms with E-state index in [9.17, 15) is 5.11 Å². The molecule has 4 nitrogen and oxygen atoms in total. The number of aliphatic hydroxyl groups excluding tert-OH is 1. The number of hydrogen-bond acceptors (Lipinski definition) is 4. The van der Waals surface area contributed by atoms with Gasteiger partial charge in [-0.15, -0.1) is 0 Å². The quantitative estimate of drug-likeness (QED) is 0.697. The van der Waals surface area contributed by atoms with Gasteiger partial charge in [-0.1, -0.05) is 0 Å². The smallest absolute Gasteiger partial charge is 0.104 e. The number of nitrogens with zero attached hydrogens (tertiary/aromatic N) is 2. The largest absolute Gasteiger partial charge is 0.386 e. The van der Waals surface area contributed by atoms with Crippen molar-refractivity contribution >= 4 is 0 Å². The minimum Gasteiger partial charge on any atom is -0.386 e. The van der Waals surface area contributed by atoms with Crippen molar-refractivity contribution in [2.45, 2.75) is 18.9 Å². The van der Waals surface area contributed by atoms with E-state index in [2.05, 4.69) is 9.97 Å². The normalized spacial score (nSPS) is 21.1. The molecule has 13 heavy (non-hydrogen) atoms. The third-order valence-corrected chi connectivity index (χ3v) is 2.74. The molecule has 3 N–H and O–H groups in total. The van der Waals surface area contributed by atoms with E-state index < -0.39 is 6.10 Å². The standard InChI is InChI=1S/C9H13N3O/c10-6-9(1-2-9)8(13)7-5-11-3-4-12-7/h3-5,8,13H,1-2,6,10H2. The minimum atomic E-state index is -0.550. The van der Waals surface area contributed by atoms with Crippen molar-refractivity contribution in [1.82, 2.24) is 9.97 Å². The molecule has 0 saturated heterocycles. The lowest BCUT2D eigenvalue weighted by Gasteiger charge is -2.18. The van der Waals surface area contributed by atoms with Crippen LogP contribution in [0.1, 0.15) is 24.6 Å². The van der Waals surface area contributed by atoms with Crippen LogP contribution in [-0.2, 0) is 0 Å². The van der Waals surface area contributed by atoms with Gasteiger partial charge in [-0.2, -0.15) is 0 Å². The van der Waals surface area contributed by atoms with Crippen LogP contribution >= 0.6 is 0 Å². The Labute approximate surface area is 76.8 Å². The number of rotatable bonds is 3. The van der Waals surface area contributed by atoms with Crippen LogP contribution in [0.5, 0.6) is 0 Å². The molecule has 70 valence electrons. The van der Waals surface area contributed by atoms with Gasteiger partial charge < -0.3 is 10.8 Å². The van der Waals surface area contributed by atoms with Gasteiger partial charge in [-0.05, 0) is 12.8 Å². The summed E-state index contributed by atoms with van der Waals surface area (Å²) in [7, 11) is 0. The lowest BCUT2D eigenvalue weighted by atomic mass is 9.97. The molecule has 1 atom stereocenters. The molecule has 1 saturated carbocycles. The van der Waals surface area contributed by atoms with Crippen LogP contribution in [0.3, 0.4) is 0 Å². The summed E-state index contributed by atoms with van der Waals surface area (Å²) in [6.07, 6.45) is 6.21. The van der Waals surface area contributed by atoms with Crippen molar-refractivity contribution in [3.8, 4) is 0 Å². The van der Waals surface area contributed by atoms with Crippen LogP contribution in [0.25, 0.3) is 0 Å².